The molecular weight excluding hydrogens is 212 g/mol. The minimum Gasteiger partial charge on any atom is -0.501 e. The zero-order valence-electron chi connectivity index (χ0n) is 9.12. The molecule has 3 heteroatoms. The summed E-state index contributed by atoms with van der Waals surface area (Å²) in [5.74, 6) is 4.02. The van der Waals surface area contributed by atoms with Gasteiger partial charge in [-0.2, -0.15) is 23.5 Å². The molecule has 1 unspecified atom stereocenters. The second-order valence-corrected chi connectivity index (χ2v) is 6.33. The van der Waals surface area contributed by atoms with Crippen molar-refractivity contribution < 1.29 is 4.74 Å². The third-order valence-electron chi connectivity index (χ3n) is 1.99. The fraction of sp³-hybridized carbons (Fsp3) is 0.818. The smallest absolute Gasteiger partial charge is 0.0873 e. The number of thioether (sulfide) groups is 2. The maximum atomic E-state index is 5.41. The molecule has 82 valence electrons. The van der Waals surface area contributed by atoms with Gasteiger partial charge in [0.1, 0.15) is 0 Å². The molecule has 0 aromatic rings. The lowest BCUT2D eigenvalue weighted by molar-refractivity contribution is 0.239. The third-order valence-corrected chi connectivity index (χ3v) is 4.91. The molecule has 1 nitrogen and oxygen atoms in total. The highest BCUT2D eigenvalue weighted by Gasteiger charge is 2.13. The predicted molar refractivity (Wildman–Crippen MR) is 68.2 cm³/mol. The van der Waals surface area contributed by atoms with Crippen molar-refractivity contribution in [1.82, 2.24) is 0 Å². The van der Waals surface area contributed by atoms with Crippen LogP contribution in [0.5, 0.6) is 0 Å². The summed E-state index contributed by atoms with van der Waals surface area (Å²) in [5, 5.41) is 0.879. The molecular formula is C11H20OS2. The first-order valence-corrected chi connectivity index (χ1v) is 7.43. The molecule has 14 heavy (non-hydrogen) atoms. The molecule has 1 fully saturated rings. The first kappa shape index (κ1) is 12.3. The van der Waals surface area contributed by atoms with Crippen LogP contribution in [0.15, 0.2) is 11.8 Å². The van der Waals surface area contributed by atoms with E-state index in [0.717, 1.165) is 11.9 Å². The molecule has 0 N–H and O–H groups in total. The van der Waals surface area contributed by atoms with E-state index < -0.39 is 0 Å². The molecule has 1 aliphatic heterocycles. The highest BCUT2D eigenvalue weighted by molar-refractivity contribution is 8.06. The summed E-state index contributed by atoms with van der Waals surface area (Å²) in [4.78, 5) is 0. The van der Waals surface area contributed by atoms with Gasteiger partial charge in [0.2, 0.25) is 0 Å². The number of rotatable bonds is 5. The lowest BCUT2D eigenvalue weighted by atomic mass is 10.2. The van der Waals surface area contributed by atoms with E-state index in [9.17, 15) is 0 Å². The van der Waals surface area contributed by atoms with Crippen molar-refractivity contribution in [2.24, 2.45) is 0 Å². The monoisotopic (exact) mass is 232 g/mol. The topological polar surface area (TPSA) is 9.23 Å². The molecule has 0 bridgehead atoms. The summed E-state index contributed by atoms with van der Waals surface area (Å²) >= 11 is 4.23. The molecule has 1 rings (SSSR count). The van der Waals surface area contributed by atoms with Crippen LogP contribution in [0.1, 0.15) is 26.7 Å². The largest absolute Gasteiger partial charge is 0.501 e. The Bertz CT molecular complexity index is 170. The van der Waals surface area contributed by atoms with Crippen LogP contribution in [0.4, 0.5) is 0 Å². The van der Waals surface area contributed by atoms with Crippen molar-refractivity contribution in [3.63, 3.8) is 0 Å². The van der Waals surface area contributed by atoms with Crippen molar-refractivity contribution in [2.45, 2.75) is 31.9 Å². The van der Waals surface area contributed by atoms with Crippen molar-refractivity contribution in [3.05, 3.63) is 11.8 Å². The van der Waals surface area contributed by atoms with Crippen molar-refractivity contribution in [1.29, 1.82) is 0 Å². The average molecular weight is 232 g/mol. The van der Waals surface area contributed by atoms with Crippen LogP contribution in [0, 0.1) is 0 Å². The number of hydrogen-bond donors (Lipinski definition) is 0. The van der Waals surface area contributed by atoms with Gasteiger partial charge in [-0.1, -0.05) is 0 Å². The van der Waals surface area contributed by atoms with Gasteiger partial charge in [-0.25, -0.2) is 0 Å². The van der Waals surface area contributed by atoms with E-state index in [1.54, 1.807) is 0 Å². The van der Waals surface area contributed by atoms with Gasteiger partial charge in [-0.15, -0.1) is 0 Å². The SMILES string of the molecule is CC(C)=COCCCC1CSCCS1. The third kappa shape index (κ3) is 5.86. The first-order chi connectivity index (χ1) is 6.79. The van der Waals surface area contributed by atoms with Crippen LogP contribution in [-0.4, -0.2) is 29.1 Å². The molecule has 1 saturated heterocycles. The van der Waals surface area contributed by atoms with Gasteiger partial charge >= 0.3 is 0 Å². The van der Waals surface area contributed by atoms with Crippen LogP contribution in [0.25, 0.3) is 0 Å². The Balaban J connectivity index is 1.95. The summed E-state index contributed by atoms with van der Waals surface area (Å²) in [6, 6.07) is 0. The molecule has 1 aliphatic rings. The van der Waals surface area contributed by atoms with Crippen LogP contribution in [0.3, 0.4) is 0 Å². The summed E-state index contributed by atoms with van der Waals surface area (Å²) < 4.78 is 5.41. The molecule has 1 atom stereocenters. The minimum absolute atomic E-state index is 0.879. The molecule has 0 aromatic heterocycles. The lowest BCUT2D eigenvalue weighted by Gasteiger charge is -2.20. The average Bonchev–Trinajstić information content (AvgIpc) is 2.18. The van der Waals surface area contributed by atoms with E-state index in [0.29, 0.717) is 0 Å². The second kappa shape index (κ2) is 7.52. The van der Waals surface area contributed by atoms with E-state index in [1.165, 1.54) is 35.7 Å². The number of hydrogen-bond acceptors (Lipinski definition) is 3. The first-order valence-electron chi connectivity index (χ1n) is 5.23. The van der Waals surface area contributed by atoms with Crippen LogP contribution >= 0.6 is 23.5 Å². The zero-order valence-corrected chi connectivity index (χ0v) is 10.8. The zero-order chi connectivity index (χ0) is 10.2. The summed E-state index contributed by atoms with van der Waals surface area (Å²) in [7, 11) is 0. The normalized spacial score (nSPS) is 21.7. The van der Waals surface area contributed by atoms with Gasteiger partial charge in [-0.05, 0) is 32.3 Å². The second-order valence-electron chi connectivity index (χ2n) is 3.78. The van der Waals surface area contributed by atoms with E-state index >= 15 is 0 Å². The van der Waals surface area contributed by atoms with Gasteiger partial charge in [0.15, 0.2) is 0 Å². The molecule has 0 amide bonds. The van der Waals surface area contributed by atoms with Crippen molar-refractivity contribution in [2.75, 3.05) is 23.9 Å². The molecule has 1 heterocycles. The van der Waals surface area contributed by atoms with E-state index in [4.69, 9.17) is 4.74 Å². The van der Waals surface area contributed by atoms with E-state index in [1.807, 2.05) is 6.26 Å². The summed E-state index contributed by atoms with van der Waals surface area (Å²) in [6.45, 7) is 5.01. The Morgan fingerprint density at radius 1 is 1.43 bits per heavy atom. The maximum absolute atomic E-state index is 5.41. The molecule has 0 aliphatic carbocycles. The van der Waals surface area contributed by atoms with Crippen LogP contribution < -0.4 is 0 Å². The van der Waals surface area contributed by atoms with Crippen molar-refractivity contribution >= 4 is 23.5 Å². The molecule has 0 spiro atoms. The standard InChI is InChI=1S/C11H20OS2/c1-10(2)8-12-5-3-4-11-9-13-6-7-14-11/h8,11H,3-7,9H2,1-2H3. The van der Waals surface area contributed by atoms with Crippen LogP contribution in [-0.2, 0) is 4.74 Å². The maximum Gasteiger partial charge on any atom is 0.0873 e. The van der Waals surface area contributed by atoms with Gasteiger partial charge in [0.25, 0.3) is 0 Å². The molecule has 0 saturated carbocycles. The Hall–Kier alpha value is 0.240. The molecule has 0 aromatic carbocycles. The van der Waals surface area contributed by atoms with Crippen LogP contribution in [0.2, 0.25) is 0 Å². The number of allylic oxidation sites excluding steroid dienone is 1. The fourth-order valence-electron chi connectivity index (χ4n) is 1.32. The van der Waals surface area contributed by atoms with Gasteiger partial charge in [-0.3, -0.25) is 0 Å². The summed E-state index contributed by atoms with van der Waals surface area (Å²) in [6.07, 6.45) is 4.37. The Kier molecular flexibility index (Phi) is 6.61. The Labute approximate surface area is 96.1 Å². The van der Waals surface area contributed by atoms with E-state index in [2.05, 4.69) is 37.4 Å². The van der Waals surface area contributed by atoms with Crippen molar-refractivity contribution in [3.8, 4) is 0 Å². The highest BCUT2D eigenvalue weighted by atomic mass is 32.2. The lowest BCUT2D eigenvalue weighted by Crippen LogP contribution is -2.14. The predicted octanol–water partition coefficient (Wildman–Crippen LogP) is 3.56. The van der Waals surface area contributed by atoms with Gasteiger partial charge < -0.3 is 4.74 Å². The van der Waals surface area contributed by atoms with E-state index in [-0.39, 0.29) is 0 Å². The van der Waals surface area contributed by atoms with Gasteiger partial charge in [0.05, 0.1) is 12.9 Å². The molecule has 0 radical (unpaired) electrons. The number of ether oxygens (including phenoxy) is 1. The summed E-state index contributed by atoms with van der Waals surface area (Å²) in [5.41, 5.74) is 1.24. The highest BCUT2D eigenvalue weighted by Crippen LogP contribution is 2.26. The fourth-order valence-corrected chi connectivity index (χ4v) is 4.12. The Morgan fingerprint density at radius 3 is 2.93 bits per heavy atom. The van der Waals surface area contributed by atoms with Gasteiger partial charge in [0, 0.05) is 22.5 Å². The minimum atomic E-state index is 0.879. The Morgan fingerprint density at radius 2 is 2.29 bits per heavy atom. The quantitative estimate of drug-likeness (QED) is 0.530.